The van der Waals surface area contributed by atoms with E-state index in [1.54, 1.807) is 64.2 Å². The summed E-state index contributed by atoms with van der Waals surface area (Å²) in [5.74, 6) is 11.0. The Morgan fingerprint density at radius 2 is 0.595 bits per heavy atom. The predicted octanol–water partition coefficient (Wildman–Crippen LogP) is 13.3. The van der Waals surface area contributed by atoms with Gasteiger partial charge < -0.3 is 0 Å². The minimum absolute atomic E-state index is 0.941. The maximum atomic E-state index is 2.48. The van der Waals surface area contributed by atoms with E-state index in [1.807, 2.05) is 0 Å². The lowest BCUT2D eigenvalue weighted by atomic mass is 9.56. The van der Waals surface area contributed by atoms with Gasteiger partial charge in [0.1, 0.15) is 0 Å². The number of allylic oxidation sites excluding steroid dienone is 4. The molecule has 238 valence electrons. The SMILES string of the molecule is C1=CC2CCCC(C1)CCC2.C1=CC2CCCC(C1)CCC2.C1C2CC3CC1CC(C2)C3.C1CCC2CCCCC2C1. The lowest BCUT2D eigenvalue weighted by Crippen LogP contribution is -2.38. The second kappa shape index (κ2) is 16.7. The van der Waals surface area contributed by atoms with Crippen molar-refractivity contribution in [2.45, 2.75) is 180 Å². The number of fused-ring (bicyclic) bond motifs is 11. The molecular weight excluding hydrogens is 504 g/mol. The van der Waals surface area contributed by atoms with Gasteiger partial charge in [-0.2, -0.15) is 0 Å². The van der Waals surface area contributed by atoms with E-state index in [0.29, 0.717) is 0 Å². The van der Waals surface area contributed by atoms with Crippen LogP contribution in [0.1, 0.15) is 180 Å². The Labute approximate surface area is 262 Å². The molecule has 0 amide bonds. The van der Waals surface area contributed by atoms with E-state index in [2.05, 4.69) is 24.3 Å². The minimum Gasteiger partial charge on any atom is -0.0880 e. The van der Waals surface area contributed by atoms with Crippen molar-refractivity contribution < 1.29 is 0 Å². The van der Waals surface area contributed by atoms with Gasteiger partial charge in [0.05, 0.1) is 0 Å². The summed E-state index contributed by atoms with van der Waals surface area (Å²) < 4.78 is 0. The maximum absolute atomic E-state index is 2.48. The van der Waals surface area contributed by atoms with Gasteiger partial charge in [0, 0.05) is 0 Å². The molecule has 12 aliphatic rings. The molecule has 12 rings (SSSR count). The third-order valence-electron chi connectivity index (χ3n) is 14.0. The molecule has 42 heavy (non-hydrogen) atoms. The summed E-state index contributed by atoms with van der Waals surface area (Å²) in [4.78, 5) is 0. The summed E-state index contributed by atoms with van der Waals surface area (Å²) in [6.07, 6.45) is 52.4. The number of hydrogen-bond donors (Lipinski definition) is 0. The van der Waals surface area contributed by atoms with Crippen LogP contribution in [0.15, 0.2) is 24.3 Å². The summed E-state index contributed by atoms with van der Waals surface area (Å²) in [5.41, 5.74) is 0. The van der Waals surface area contributed by atoms with Gasteiger partial charge in [-0.15, -0.1) is 0 Å². The quantitative estimate of drug-likeness (QED) is 0.252. The molecule has 0 nitrogen and oxygen atoms in total. The standard InChI is InChI=1S/2C11H18.C10H16.C10H18/c2*1-4-10-6-2-7-11(5-1)9-3-8-10;1-7-2-9-4-8(1)5-10(3-7)6-9;1-2-6-10-8-4-3-7-9(10)5-1/h2*1,4,10-11H,2-3,5-9H2;7-10H,1-6H2;9-10H,1-8H2. The highest BCUT2D eigenvalue weighted by Gasteiger charge is 2.41. The Balaban J connectivity index is 0.000000100. The van der Waals surface area contributed by atoms with E-state index >= 15 is 0 Å². The fourth-order valence-electron chi connectivity index (χ4n) is 11.9. The minimum atomic E-state index is 0.941. The molecule has 0 aromatic carbocycles. The van der Waals surface area contributed by atoms with Crippen LogP contribution in [0.25, 0.3) is 0 Å². The van der Waals surface area contributed by atoms with E-state index in [9.17, 15) is 0 Å². The molecule has 0 heterocycles. The second-order valence-electron chi connectivity index (χ2n) is 17.3. The molecular formula is C42H70. The van der Waals surface area contributed by atoms with Gasteiger partial charge in [-0.1, -0.05) is 127 Å². The fraction of sp³-hybridized carbons (Fsp3) is 0.905. The third kappa shape index (κ3) is 9.74. The topological polar surface area (TPSA) is 0 Å². The highest BCUT2D eigenvalue weighted by atomic mass is 14.5. The molecule has 8 bridgehead atoms. The van der Waals surface area contributed by atoms with Gasteiger partial charge in [0.2, 0.25) is 0 Å². The average molecular weight is 575 g/mol. The summed E-state index contributed by atoms with van der Waals surface area (Å²) in [6.45, 7) is 0. The second-order valence-corrected chi connectivity index (χ2v) is 17.3. The summed E-state index contributed by atoms with van der Waals surface area (Å²) in [7, 11) is 0. The Hall–Kier alpha value is -0.520. The molecule has 0 radical (unpaired) electrons. The first-order valence-corrected chi connectivity index (χ1v) is 20.1. The number of hydrogen-bond acceptors (Lipinski definition) is 0. The van der Waals surface area contributed by atoms with Crippen LogP contribution in [0.4, 0.5) is 0 Å². The first-order chi connectivity index (χ1) is 20.8. The van der Waals surface area contributed by atoms with Crippen molar-refractivity contribution in [3.63, 3.8) is 0 Å². The molecule has 0 aliphatic heterocycles. The zero-order chi connectivity index (χ0) is 28.4. The molecule has 0 aromatic rings. The van der Waals surface area contributed by atoms with Gasteiger partial charge >= 0.3 is 0 Å². The van der Waals surface area contributed by atoms with Crippen molar-refractivity contribution in [2.75, 3.05) is 0 Å². The van der Waals surface area contributed by atoms with Crippen LogP contribution >= 0.6 is 0 Å². The lowest BCUT2D eigenvalue weighted by Gasteiger charge is -2.49. The summed E-state index contributed by atoms with van der Waals surface area (Å²) >= 11 is 0. The predicted molar refractivity (Wildman–Crippen MR) is 182 cm³/mol. The van der Waals surface area contributed by atoms with E-state index in [-0.39, 0.29) is 0 Å². The van der Waals surface area contributed by atoms with Crippen molar-refractivity contribution in [1.82, 2.24) is 0 Å². The van der Waals surface area contributed by atoms with Crippen LogP contribution < -0.4 is 0 Å². The highest BCUT2D eigenvalue weighted by Crippen LogP contribution is 2.53. The van der Waals surface area contributed by atoms with Crippen molar-refractivity contribution in [2.24, 2.45) is 59.2 Å². The van der Waals surface area contributed by atoms with Crippen LogP contribution in [-0.4, -0.2) is 0 Å². The smallest absolute Gasteiger partial charge is 0.0234 e. The van der Waals surface area contributed by atoms with Gasteiger partial charge in [-0.25, -0.2) is 0 Å². The number of rotatable bonds is 0. The van der Waals surface area contributed by atoms with Crippen molar-refractivity contribution >= 4 is 0 Å². The maximum Gasteiger partial charge on any atom is -0.0234 e. The van der Waals surface area contributed by atoms with E-state index < -0.39 is 0 Å². The van der Waals surface area contributed by atoms with Crippen molar-refractivity contribution in [1.29, 1.82) is 0 Å². The molecule has 8 saturated carbocycles. The van der Waals surface area contributed by atoms with Gasteiger partial charge in [-0.05, 0) is 136 Å². The van der Waals surface area contributed by atoms with E-state index in [0.717, 1.165) is 35.5 Å². The van der Waals surface area contributed by atoms with Crippen molar-refractivity contribution in [3.8, 4) is 0 Å². The molecule has 8 fully saturated rings. The van der Waals surface area contributed by atoms with Crippen LogP contribution in [0.5, 0.6) is 0 Å². The summed E-state index contributed by atoms with van der Waals surface area (Å²) in [6, 6.07) is 0. The Morgan fingerprint density at radius 1 is 0.286 bits per heavy atom. The molecule has 0 heteroatoms. The molecule has 0 saturated heterocycles. The van der Waals surface area contributed by atoms with Crippen LogP contribution in [0.2, 0.25) is 0 Å². The van der Waals surface area contributed by atoms with Gasteiger partial charge in [0.15, 0.2) is 0 Å². The average Bonchev–Trinajstić information content (AvgIpc) is 2.91. The molecule has 0 N–H and O–H groups in total. The normalized spacial score (nSPS) is 43.2. The zero-order valence-corrected chi connectivity index (χ0v) is 27.9. The van der Waals surface area contributed by atoms with Gasteiger partial charge in [-0.3, -0.25) is 0 Å². The van der Waals surface area contributed by atoms with E-state index in [4.69, 9.17) is 0 Å². The summed E-state index contributed by atoms with van der Waals surface area (Å²) in [5, 5.41) is 0. The van der Waals surface area contributed by atoms with Crippen LogP contribution in [0, 0.1) is 59.2 Å². The molecule has 0 atom stereocenters. The lowest BCUT2D eigenvalue weighted by molar-refractivity contribution is 0.0198. The fourth-order valence-corrected chi connectivity index (χ4v) is 11.9. The zero-order valence-electron chi connectivity index (χ0n) is 27.9. The van der Waals surface area contributed by atoms with Crippen molar-refractivity contribution in [3.05, 3.63) is 24.3 Å². The molecule has 0 spiro atoms. The largest absolute Gasteiger partial charge is 0.0880 e. The van der Waals surface area contributed by atoms with Gasteiger partial charge in [0.25, 0.3) is 0 Å². The monoisotopic (exact) mass is 575 g/mol. The molecule has 0 unspecified atom stereocenters. The van der Waals surface area contributed by atoms with Crippen LogP contribution in [-0.2, 0) is 0 Å². The Bertz CT molecular complexity index is 679. The van der Waals surface area contributed by atoms with E-state index in [1.165, 1.54) is 139 Å². The van der Waals surface area contributed by atoms with Crippen LogP contribution in [0.3, 0.4) is 0 Å². The first kappa shape index (κ1) is 31.5. The molecule has 0 aromatic heterocycles. The Kier molecular flexibility index (Phi) is 12.5. The Morgan fingerprint density at radius 3 is 0.905 bits per heavy atom. The molecule has 12 aliphatic carbocycles. The first-order valence-electron chi connectivity index (χ1n) is 20.1. The third-order valence-corrected chi connectivity index (χ3v) is 14.0. The highest BCUT2D eigenvalue weighted by molar-refractivity contribution is 4.95.